The van der Waals surface area contributed by atoms with Crippen LogP contribution in [0.1, 0.15) is 30.1 Å². The fraction of sp³-hybridized carbons (Fsp3) is 0.467. The lowest BCUT2D eigenvalue weighted by Gasteiger charge is -2.17. The van der Waals surface area contributed by atoms with Crippen molar-refractivity contribution in [1.82, 2.24) is 4.90 Å². The van der Waals surface area contributed by atoms with E-state index in [1.54, 1.807) is 17.0 Å². The molecule has 1 aliphatic heterocycles. The normalized spacial score (nSPS) is 14.0. The molecule has 21 heavy (non-hydrogen) atoms. The summed E-state index contributed by atoms with van der Waals surface area (Å²) in [6.07, 6.45) is 2.09. The third-order valence-electron chi connectivity index (χ3n) is 3.34. The molecule has 2 amide bonds. The Morgan fingerprint density at radius 2 is 1.90 bits per heavy atom. The van der Waals surface area contributed by atoms with Crippen LogP contribution in [0.4, 0.5) is 0 Å². The van der Waals surface area contributed by atoms with E-state index >= 15 is 0 Å². The summed E-state index contributed by atoms with van der Waals surface area (Å²) in [6, 6.07) is 4.68. The summed E-state index contributed by atoms with van der Waals surface area (Å²) in [7, 11) is 0. The second kappa shape index (κ2) is 6.97. The van der Waals surface area contributed by atoms with Gasteiger partial charge in [-0.05, 0) is 38.0 Å². The first-order valence-corrected chi connectivity index (χ1v) is 7.09. The van der Waals surface area contributed by atoms with E-state index in [1.807, 2.05) is 6.92 Å². The summed E-state index contributed by atoms with van der Waals surface area (Å²) < 4.78 is 11.0. The molecule has 1 aliphatic rings. The summed E-state index contributed by atoms with van der Waals surface area (Å²) in [4.78, 5) is 24.9. The molecule has 0 atom stereocenters. The Hall–Kier alpha value is -2.24. The van der Waals surface area contributed by atoms with E-state index in [2.05, 4.69) is 0 Å². The predicted molar refractivity (Wildman–Crippen MR) is 77.4 cm³/mol. The van der Waals surface area contributed by atoms with E-state index in [9.17, 15) is 9.59 Å². The van der Waals surface area contributed by atoms with Crippen LogP contribution in [-0.4, -0.2) is 43.0 Å². The van der Waals surface area contributed by atoms with Crippen LogP contribution in [0, 0.1) is 0 Å². The highest BCUT2D eigenvalue weighted by Gasteiger charge is 2.19. The number of likely N-dealkylation sites (tertiary alicyclic amines) is 1. The minimum Gasteiger partial charge on any atom is -0.490 e. The molecule has 6 heteroatoms. The Labute approximate surface area is 123 Å². The third kappa shape index (κ3) is 3.87. The molecule has 0 aromatic heterocycles. The lowest BCUT2D eigenvalue weighted by atomic mass is 10.2. The number of hydrogen-bond acceptors (Lipinski definition) is 4. The number of amides is 2. The van der Waals surface area contributed by atoms with Crippen molar-refractivity contribution < 1.29 is 19.1 Å². The Morgan fingerprint density at radius 3 is 2.52 bits per heavy atom. The number of hydrogen-bond donors (Lipinski definition) is 1. The van der Waals surface area contributed by atoms with E-state index in [0.29, 0.717) is 23.7 Å². The standard InChI is InChI=1S/C15H20N2O4/c1-2-20-13-9-11(15(16)19)5-6-12(13)21-10-14(18)17-7-3-4-8-17/h5-6,9H,2-4,7-8,10H2,1H3,(H2,16,19). The zero-order valence-electron chi connectivity index (χ0n) is 12.1. The van der Waals surface area contributed by atoms with Crippen LogP contribution in [0.2, 0.25) is 0 Å². The van der Waals surface area contributed by atoms with Gasteiger partial charge in [-0.1, -0.05) is 0 Å². The van der Waals surface area contributed by atoms with Crippen LogP contribution < -0.4 is 15.2 Å². The Balaban J connectivity index is 2.04. The quantitative estimate of drug-likeness (QED) is 0.853. The van der Waals surface area contributed by atoms with Gasteiger partial charge in [-0.2, -0.15) is 0 Å². The van der Waals surface area contributed by atoms with Gasteiger partial charge < -0.3 is 20.1 Å². The minimum absolute atomic E-state index is 0.0318. The molecule has 0 unspecified atom stereocenters. The topological polar surface area (TPSA) is 81.9 Å². The van der Waals surface area contributed by atoms with Gasteiger partial charge in [0.2, 0.25) is 5.91 Å². The van der Waals surface area contributed by atoms with Crippen molar-refractivity contribution >= 4 is 11.8 Å². The number of ether oxygens (including phenoxy) is 2. The van der Waals surface area contributed by atoms with Gasteiger partial charge in [0.1, 0.15) is 0 Å². The summed E-state index contributed by atoms with van der Waals surface area (Å²) >= 11 is 0. The second-order valence-electron chi connectivity index (χ2n) is 4.84. The van der Waals surface area contributed by atoms with Crippen LogP contribution in [-0.2, 0) is 4.79 Å². The van der Waals surface area contributed by atoms with Gasteiger partial charge in [0.15, 0.2) is 18.1 Å². The number of benzene rings is 1. The van der Waals surface area contributed by atoms with Crippen molar-refractivity contribution in [3.63, 3.8) is 0 Å². The zero-order chi connectivity index (χ0) is 15.2. The fourth-order valence-corrected chi connectivity index (χ4v) is 2.25. The van der Waals surface area contributed by atoms with Gasteiger partial charge in [0, 0.05) is 18.7 Å². The van der Waals surface area contributed by atoms with Gasteiger partial charge in [0.25, 0.3) is 5.91 Å². The maximum Gasteiger partial charge on any atom is 0.260 e. The number of carbonyl (C=O) groups is 2. The van der Waals surface area contributed by atoms with E-state index in [0.717, 1.165) is 25.9 Å². The number of rotatable bonds is 6. The molecule has 2 rings (SSSR count). The Morgan fingerprint density at radius 1 is 1.19 bits per heavy atom. The fourth-order valence-electron chi connectivity index (χ4n) is 2.25. The van der Waals surface area contributed by atoms with Gasteiger partial charge in [-0.15, -0.1) is 0 Å². The predicted octanol–water partition coefficient (Wildman–Crippen LogP) is 1.19. The van der Waals surface area contributed by atoms with Gasteiger partial charge in [-0.3, -0.25) is 9.59 Å². The monoisotopic (exact) mass is 292 g/mol. The van der Waals surface area contributed by atoms with Crippen LogP contribution in [0.5, 0.6) is 11.5 Å². The van der Waals surface area contributed by atoms with Crippen molar-refractivity contribution in [3.05, 3.63) is 23.8 Å². The largest absolute Gasteiger partial charge is 0.490 e. The lowest BCUT2D eigenvalue weighted by Crippen LogP contribution is -2.32. The summed E-state index contributed by atoms with van der Waals surface area (Å²) in [5, 5.41) is 0. The van der Waals surface area contributed by atoms with Crippen molar-refractivity contribution in [3.8, 4) is 11.5 Å². The van der Waals surface area contributed by atoms with Crippen LogP contribution in [0.25, 0.3) is 0 Å². The Kier molecular flexibility index (Phi) is 5.03. The first-order valence-electron chi connectivity index (χ1n) is 7.09. The van der Waals surface area contributed by atoms with Gasteiger partial charge in [0.05, 0.1) is 6.61 Å². The molecule has 1 aromatic rings. The molecule has 2 N–H and O–H groups in total. The average molecular weight is 292 g/mol. The first kappa shape index (κ1) is 15.2. The van der Waals surface area contributed by atoms with Crippen molar-refractivity contribution in [2.45, 2.75) is 19.8 Å². The third-order valence-corrected chi connectivity index (χ3v) is 3.34. The minimum atomic E-state index is -0.532. The van der Waals surface area contributed by atoms with Crippen LogP contribution >= 0.6 is 0 Å². The van der Waals surface area contributed by atoms with Crippen molar-refractivity contribution in [2.24, 2.45) is 5.73 Å². The summed E-state index contributed by atoms with van der Waals surface area (Å²) in [5.41, 5.74) is 5.58. The second-order valence-corrected chi connectivity index (χ2v) is 4.84. The lowest BCUT2D eigenvalue weighted by molar-refractivity contribution is -0.132. The smallest absolute Gasteiger partial charge is 0.260 e. The summed E-state index contributed by atoms with van der Waals surface area (Å²) in [5.74, 6) is 0.294. The van der Waals surface area contributed by atoms with Crippen molar-refractivity contribution in [1.29, 1.82) is 0 Å². The highest BCUT2D eigenvalue weighted by molar-refractivity contribution is 5.93. The van der Waals surface area contributed by atoms with Crippen LogP contribution in [0.3, 0.4) is 0 Å². The number of nitrogens with two attached hydrogens (primary N) is 1. The molecule has 0 saturated carbocycles. The molecular formula is C15H20N2O4. The molecule has 6 nitrogen and oxygen atoms in total. The molecule has 1 heterocycles. The van der Waals surface area contributed by atoms with E-state index in [1.165, 1.54) is 6.07 Å². The number of nitrogens with zero attached hydrogens (tertiary/aromatic N) is 1. The van der Waals surface area contributed by atoms with Gasteiger partial charge >= 0.3 is 0 Å². The van der Waals surface area contributed by atoms with Crippen LogP contribution in [0.15, 0.2) is 18.2 Å². The average Bonchev–Trinajstić information content (AvgIpc) is 3.00. The molecular weight excluding hydrogens is 272 g/mol. The zero-order valence-corrected chi connectivity index (χ0v) is 12.1. The molecule has 0 aliphatic carbocycles. The molecule has 0 bridgehead atoms. The SMILES string of the molecule is CCOc1cc(C(N)=O)ccc1OCC(=O)N1CCCC1. The number of carbonyl (C=O) groups excluding carboxylic acids is 2. The molecule has 0 radical (unpaired) electrons. The molecule has 0 spiro atoms. The van der Waals surface area contributed by atoms with Gasteiger partial charge in [-0.25, -0.2) is 0 Å². The molecule has 1 saturated heterocycles. The first-order chi connectivity index (χ1) is 10.1. The molecule has 114 valence electrons. The summed E-state index contributed by atoms with van der Waals surface area (Å²) in [6.45, 7) is 3.81. The highest BCUT2D eigenvalue weighted by Crippen LogP contribution is 2.28. The maximum absolute atomic E-state index is 11.9. The maximum atomic E-state index is 11.9. The van der Waals surface area contributed by atoms with E-state index < -0.39 is 5.91 Å². The van der Waals surface area contributed by atoms with Crippen molar-refractivity contribution in [2.75, 3.05) is 26.3 Å². The highest BCUT2D eigenvalue weighted by atomic mass is 16.5. The van der Waals surface area contributed by atoms with E-state index in [-0.39, 0.29) is 12.5 Å². The number of primary amides is 1. The molecule has 1 aromatic carbocycles. The Bertz CT molecular complexity index is 524. The molecule has 1 fully saturated rings. The van der Waals surface area contributed by atoms with E-state index in [4.69, 9.17) is 15.2 Å².